The van der Waals surface area contributed by atoms with Crippen LogP contribution in [0.15, 0.2) is 39.5 Å². The van der Waals surface area contributed by atoms with E-state index in [9.17, 15) is 4.79 Å². The molecule has 1 unspecified atom stereocenters. The number of nitrogens with two attached hydrogens (primary N) is 1. The van der Waals surface area contributed by atoms with Crippen LogP contribution in [0.1, 0.15) is 22.6 Å². The van der Waals surface area contributed by atoms with Crippen LogP contribution in [-0.4, -0.2) is 11.1 Å². The maximum Gasteiger partial charge on any atom is 0.253 e. The van der Waals surface area contributed by atoms with Gasteiger partial charge in [0.15, 0.2) is 0 Å². The van der Waals surface area contributed by atoms with E-state index in [0.717, 1.165) is 39.4 Å². The van der Waals surface area contributed by atoms with Crippen LogP contribution in [0.25, 0.3) is 11.1 Å². The summed E-state index contributed by atoms with van der Waals surface area (Å²) in [5.74, 6) is 0.541. The van der Waals surface area contributed by atoms with Crippen molar-refractivity contribution in [2.75, 3.05) is 5.32 Å². The van der Waals surface area contributed by atoms with E-state index in [1.165, 1.54) is 11.3 Å². The zero-order valence-electron chi connectivity index (χ0n) is 12.7. The number of aromatic nitrogens is 1. The maximum absolute atomic E-state index is 12.5. The van der Waals surface area contributed by atoms with Crippen LogP contribution in [0.4, 0.5) is 5.69 Å². The van der Waals surface area contributed by atoms with Crippen molar-refractivity contribution in [2.45, 2.75) is 19.4 Å². The van der Waals surface area contributed by atoms with Crippen molar-refractivity contribution in [3.8, 4) is 11.1 Å². The largest absolute Gasteiger partial charge is 0.361 e. The first-order chi connectivity index (χ1) is 11.0. The summed E-state index contributed by atoms with van der Waals surface area (Å²) >= 11 is 1.52. The predicted molar refractivity (Wildman–Crippen MR) is 89.3 cm³/mol. The zero-order chi connectivity index (χ0) is 16.2. The smallest absolute Gasteiger partial charge is 0.253 e. The fourth-order valence-corrected chi connectivity index (χ4v) is 3.86. The lowest BCUT2D eigenvalue weighted by atomic mass is 9.85. The molecule has 116 valence electrons. The van der Waals surface area contributed by atoms with Crippen molar-refractivity contribution in [2.24, 2.45) is 5.73 Å². The van der Waals surface area contributed by atoms with Crippen LogP contribution in [0.3, 0.4) is 0 Å². The van der Waals surface area contributed by atoms with E-state index >= 15 is 0 Å². The van der Waals surface area contributed by atoms with Crippen LogP contribution in [-0.2, 0) is 10.3 Å². The fourth-order valence-electron chi connectivity index (χ4n) is 3.15. The molecule has 5 nitrogen and oxygen atoms in total. The van der Waals surface area contributed by atoms with Gasteiger partial charge in [-0.25, -0.2) is 0 Å². The monoisotopic (exact) mass is 325 g/mol. The Kier molecular flexibility index (Phi) is 2.94. The summed E-state index contributed by atoms with van der Waals surface area (Å²) in [5.41, 5.74) is 10.4. The third-order valence-corrected chi connectivity index (χ3v) is 5.03. The minimum absolute atomic E-state index is 0.207. The van der Waals surface area contributed by atoms with Gasteiger partial charge in [0.1, 0.15) is 11.3 Å². The number of rotatable bonds is 2. The molecular weight excluding hydrogens is 310 g/mol. The molecule has 3 aromatic rings. The van der Waals surface area contributed by atoms with E-state index < -0.39 is 5.54 Å². The first-order valence-corrected chi connectivity index (χ1v) is 8.17. The average molecular weight is 325 g/mol. The standard InChI is InChI=1S/C17H15N3O2S/c1-9-15(10(2)22-20-9)11-3-4-14-13(7-11)17(18,16(21)19-14)12-5-6-23-8-12/h3-8H,18H2,1-2H3,(H,19,21). The molecule has 6 heteroatoms. The van der Waals surface area contributed by atoms with Gasteiger partial charge in [0.05, 0.1) is 5.69 Å². The highest BCUT2D eigenvalue weighted by molar-refractivity contribution is 7.08. The number of nitrogens with one attached hydrogen (secondary N) is 1. The fraction of sp³-hybridized carbons (Fsp3) is 0.176. The molecule has 3 N–H and O–H groups in total. The number of amides is 1. The number of hydrogen-bond acceptors (Lipinski definition) is 5. The van der Waals surface area contributed by atoms with Crippen LogP contribution in [0, 0.1) is 13.8 Å². The molecule has 0 saturated carbocycles. The van der Waals surface area contributed by atoms with Crippen molar-refractivity contribution in [1.82, 2.24) is 5.16 Å². The van der Waals surface area contributed by atoms with Crippen molar-refractivity contribution in [3.63, 3.8) is 0 Å². The van der Waals surface area contributed by atoms with Crippen molar-refractivity contribution < 1.29 is 9.32 Å². The number of benzene rings is 1. The molecule has 0 aliphatic carbocycles. The van der Waals surface area contributed by atoms with Gasteiger partial charge in [0.2, 0.25) is 0 Å². The highest BCUT2D eigenvalue weighted by Crippen LogP contribution is 2.42. The molecule has 0 saturated heterocycles. The Hall–Kier alpha value is -2.44. The van der Waals surface area contributed by atoms with Gasteiger partial charge in [0, 0.05) is 16.8 Å². The van der Waals surface area contributed by atoms with Gasteiger partial charge in [-0.3, -0.25) is 4.79 Å². The molecule has 1 aromatic carbocycles. The molecule has 3 heterocycles. The van der Waals surface area contributed by atoms with E-state index in [1.807, 2.05) is 48.9 Å². The van der Waals surface area contributed by atoms with E-state index in [0.29, 0.717) is 0 Å². The van der Waals surface area contributed by atoms with Gasteiger partial charge >= 0.3 is 0 Å². The molecule has 0 fully saturated rings. The summed E-state index contributed by atoms with van der Waals surface area (Å²) in [5, 5.41) is 10.7. The number of carbonyl (C=O) groups excluding carboxylic acids is 1. The van der Waals surface area contributed by atoms with Gasteiger partial charge in [-0.05, 0) is 53.9 Å². The first-order valence-electron chi connectivity index (χ1n) is 7.22. The zero-order valence-corrected chi connectivity index (χ0v) is 13.5. The molecule has 1 atom stereocenters. The third-order valence-electron chi connectivity index (χ3n) is 4.35. The second kappa shape index (κ2) is 4.78. The van der Waals surface area contributed by atoms with Crippen molar-refractivity contribution in [1.29, 1.82) is 0 Å². The minimum Gasteiger partial charge on any atom is -0.361 e. The van der Waals surface area contributed by atoms with E-state index in [-0.39, 0.29) is 5.91 Å². The summed E-state index contributed by atoms with van der Waals surface area (Å²) in [7, 11) is 0. The summed E-state index contributed by atoms with van der Waals surface area (Å²) in [4.78, 5) is 12.5. The van der Waals surface area contributed by atoms with Crippen LogP contribution in [0.2, 0.25) is 0 Å². The minimum atomic E-state index is -1.16. The highest BCUT2D eigenvalue weighted by atomic mass is 32.1. The molecule has 23 heavy (non-hydrogen) atoms. The number of fused-ring (bicyclic) bond motifs is 1. The average Bonchev–Trinajstić information content (AvgIpc) is 3.22. The van der Waals surface area contributed by atoms with Crippen LogP contribution in [0.5, 0.6) is 0 Å². The lowest BCUT2D eigenvalue weighted by Crippen LogP contribution is -2.44. The Balaban J connectivity index is 1.93. The van der Waals surface area contributed by atoms with Gasteiger partial charge in [0.25, 0.3) is 5.91 Å². The molecule has 1 amide bonds. The quantitative estimate of drug-likeness (QED) is 0.758. The Labute approximate surface area is 137 Å². The third kappa shape index (κ3) is 1.89. The first kappa shape index (κ1) is 14.2. The summed E-state index contributed by atoms with van der Waals surface area (Å²) in [6.07, 6.45) is 0. The van der Waals surface area contributed by atoms with Gasteiger partial charge in [-0.1, -0.05) is 11.2 Å². The lowest BCUT2D eigenvalue weighted by molar-refractivity contribution is -0.119. The molecule has 4 rings (SSSR count). The van der Waals surface area contributed by atoms with E-state index in [1.54, 1.807) is 0 Å². The summed E-state index contributed by atoms with van der Waals surface area (Å²) in [6, 6.07) is 7.68. The normalized spacial score (nSPS) is 19.7. The van der Waals surface area contributed by atoms with E-state index in [4.69, 9.17) is 10.3 Å². The van der Waals surface area contributed by atoms with E-state index in [2.05, 4.69) is 10.5 Å². The molecule has 0 bridgehead atoms. The number of hydrogen-bond donors (Lipinski definition) is 2. The molecule has 1 aliphatic rings. The molecular formula is C17H15N3O2S. The van der Waals surface area contributed by atoms with Crippen LogP contribution >= 0.6 is 11.3 Å². The Morgan fingerprint density at radius 1 is 1.30 bits per heavy atom. The Morgan fingerprint density at radius 2 is 2.13 bits per heavy atom. The SMILES string of the molecule is Cc1noc(C)c1-c1ccc2c(c1)C(N)(c1ccsc1)C(=O)N2. The van der Waals surface area contributed by atoms with Gasteiger partial charge in [-0.15, -0.1) is 0 Å². The molecule has 0 spiro atoms. The second-order valence-electron chi connectivity index (χ2n) is 5.73. The summed E-state index contributed by atoms with van der Waals surface area (Å²) in [6.45, 7) is 3.78. The van der Waals surface area contributed by atoms with Crippen molar-refractivity contribution in [3.05, 3.63) is 57.6 Å². The summed E-state index contributed by atoms with van der Waals surface area (Å²) < 4.78 is 5.25. The number of anilines is 1. The molecule has 2 aromatic heterocycles. The lowest BCUT2D eigenvalue weighted by Gasteiger charge is -2.21. The van der Waals surface area contributed by atoms with Crippen LogP contribution < -0.4 is 11.1 Å². The maximum atomic E-state index is 12.5. The van der Waals surface area contributed by atoms with Crippen molar-refractivity contribution >= 4 is 22.9 Å². The van der Waals surface area contributed by atoms with Gasteiger partial charge in [-0.2, -0.15) is 11.3 Å². The second-order valence-corrected chi connectivity index (χ2v) is 6.51. The molecule has 1 aliphatic heterocycles. The number of nitrogens with zero attached hydrogens (tertiary/aromatic N) is 1. The Bertz CT molecular complexity index is 895. The van der Waals surface area contributed by atoms with Gasteiger partial charge < -0.3 is 15.6 Å². The topological polar surface area (TPSA) is 81.2 Å². The molecule has 0 radical (unpaired) electrons. The Morgan fingerprint density at radius 3 is 2.78 bits per heavy atom. The number of carbonyl (C=O) groups is 1. The highest BCUT2D eigenvalue weighted by Gasteiger charge is 2.45. The predicted octanol–water partition coefficient (Wildman–Crippen LogP) is 3.17. The number of aryl methyl sites for hydroxylation is 2. The number of thiophene rings is 1.